The predicted octanol–water partition coefficient (Wildman–Crippen LogP) is 3.90. The van der Waals surface area contributed by atoms with Crippen LogP contribution in [0.3, 0.4) is 0 Å². The lowest BCUT2D eigenvalue weighted by molar-refractivity contribution is 0.231. The highest BCUT2D eigenvalue weighted by atomic mass is 32.2. The molecule has 0 spiro atoms. The van der Waals surface area contributed by atoms with Crippen molar-refractivity contribution in [3.63, 3.8) is 0 Å². The maximum atomic E-state index is 13.6. The molecule has 0 aromatic heterocycles. The molecule has 0 saturated heterocycles. The fraction of sp³-hybridized carbons (Fsp3) is 0.455. The molecule has 2 aromatic carbocycles. The maximum absolute atomic E-state index is 13.6. The molecule has 31 heavy (non-hydrogen) atoms. The van der Waals surface area contributed by atoms with Crippen molar-refractivity contribution in [2.45, 2.75) is 43.4 Å². The second kappa shape index (κ2) is 10.5. The highest BCUT2D eigenvalue weighted by Gasteiger charge is 2.27. The summed E-state index contributed by atoms with van der Waals surface area (Å²) in [5, 5.41) is 8.94. The van der Waals surface area contributed by atoms with E-state index in [9.17, 15) is 12.6 Å². The van der Waals surface area contributed by atoms with E-state index >= 15 is 0 Å². The Morgan fingerprint density at radius 1 is 1.10 bits per heavy atom. The maximum Gasteiger partial charge on any atom is 0.264 e. The lowest BCUT2D eigenvalue weighted by atomic mass is 10.1. The fourth-order valence-corrected chi connectivity index (χ4v) is 5.61. The van der Waals surface area contributed by atoms with Gasteiger partial charge < -0.3 is 9.84 Å². The van der Waals surface area contributed by atoms with Crippen LogP contribution in [0, 0.1) is 10.7 Å². The summed E-state index contributed by atoms with van der Waals surface area (Å²) in [6, 6.07) is 11.5. The van der Waals surface area contributed by atoms with Crippen molar-refractivity contribution in [3.05, 3.63) is 48.0 Å². The number of hydrogen-bond acceptors (Lipinski definition) is 6. The Labute approximate surface area is 186 Å². The van der Waals surface area contributed by atoms with E-state index in [2.05, 4.69) is 0 Å². The van der Waals surface area contributed by atoms with E-state index in [1.165, 1.54) is 28.8 Å². The van der Waals surface area contributed by atoms with E-state index in [4.69, 9.17) is 14.6 Å². The minimum absolute atomic E-state index is 0.0253. The first-order chi connectivity index (χ1) is 14.5. The summed E-state index contributed by atoms with van der Waals surface area (Å²) in [6.07, 6.45) is 2.46. The summed E-state index contributed by atoms with van der Waals surface area (Å²) in [6.45, 7) is 6.30. The third-order valence-corrected chi connectivity index (χ3v) is 7.59. The van der Waals surface area contributed by atoms with Crippen molar-refractivity contribution in [2.24, 2.45) is 5.92 Å². The van der Waals surface area contributed by atoms with E-state index < -0.39 is 19.8 Å². The number of hydrogen-bond donors (Lipinski definition) is 2. The molecule has 1 unspecified atom stereocenters. The second-order valence-electron chi connectivity index (χ2n) is 7.83. The first-order valence-electron chi connectivity index (χ1n) is 10.2. The molecular formula is C22H32N2O5S2. The molecule has 2 rings (SSSR count). The molecular weight excluding hydrogens is 436 g/mol. The van der Waals surface area contributed by atoms with Gasteiger partial charge in [0.2, 0.25) is 0 Å². The minimum atomic E-state index is -3.96. The number of aryl methyl sites for hydroxylation is 1. The predicted molar refractivity (Wildman–Crippen MR) is 124 cm³/mol. The van der Waals surface area contributed by atoms with Gasteiger partial charge in [-0.15, -0.1) is 0 Å². The van der Waals surface area contributed by atoms with E-state index in [-0.39, 0.29) is 41.2 Å². The van der Waals surface area contributed by atoms with Gasteiger partial charge in [0.25, 0.3) is 10.0 Å². The van der Waals surface area contributed by atoms with Gasteiger partial charge in [-0.05, 0) is 48.2 Å². The molecule has 9 heteroatoms. The highest BCUT2D eigenvalue weighted by molar-refractivity contribution is 7.93. The van der Waals surface area contributed by atoms with Gasteiger partial charge in [-0.25, -0.2) is 17.4 Å². The van der Waals surface area contributed by atoms with E-state index in [0.717, 1.165) is 12.0 Å². The summed E-state index contributed by atoms with van der Waals surface area (Å²) < 4.78 is 54.6. The van der Waals surface area contributed by atoms with Gasteiger partial charge >= 0.3 is 0 Å². The number of nitrogens with zero attached hydrogens (tertiary/aromatic N) is 1. The third kappa shape index (κ3) is 6.44. The van der Waals surface area contributed by atoms with Crippen LogP contribution in [0.5, 0.6) is 5.75 Å². The van der Waals surface area contributed by atoms with Crippen LogP contribution in [0.15, 0.2) is 52.3 Å². The molecule has 7 nitrogen and oxygen atoms in total. The molecule has 0 aliphatic heterocycles. The van der Waals surface area contributed by atoms with Crippen molar-refractivity contribution in [1.82, 2.24) is 0 Å². The van der Waals surface area contributed by atoms with Gasteiger partial charge in [0.1, 0.15) is 5.75 Å². The van der Waals surface area contributed by atoms with Crippen LogP contribution < -0.4 is 9.04 Å². The number of sulfonamides is 1. The normalized spacial score (nSPS) is 13.7. The van der Waals surface area contributed by atoms with E-state index in [0.29, 0.717) is 12.1 Å². The van der Waals surface area contributed by atoms with Crippen LogP contribution in [0.2, 0.25) is 0 Å². The number of ether oxygens (including phenoxy) is 1. The largest absolute Gasteiger partial charge is 0.492 e. The molecule has 0 bridgehead atoms. The van der Waals surface area contributed by atoms with Gasteiger partial charge in [0, 0.05) is 25.8 Å². The molecule has 1 atom stereocenters. The SMILES string of the molecule is CCc1ccc(N(CC(C)C)S(=O)(=O)c2ccc(OCCCO)c(S(C)(=N)=O)c2)cc1. The Hall–Kier alpha value is -2.10. The molecule has 172 valence electrons. The molecule has 0 amide bonds. The van der Waals surface area contributed by atoms with Crippen molar-refractivity contribution >= 4 is 25.4 Å². The molecule has 0 radical (unpaired) electrons. The van der Waals surface area contributed by atoms with Crippen LogP contribution in [-0.4, -0.2) is 43.7 Å². The fourth-order valence-electron chi connectivity index (χ4n) is 3.02. The Morgan fingerprint density at radius 3 is 2.26 bits per heavy atom. The van der Waals surface area contributed by atoms with Crippen LogP contribution in [0.4, 0.5) is 5.69 Å². The Balaban J connectivity index is 2.55. The molecule has 0 fully saturated rings. The number of nitrogens with one attached hydrogen (secondary N) is 1. The van der Waals surface area contributed by atoms with Crippen molar-refractivity contribution < 1.29 is 22.5 Å². The summed E-state index contributed by atoms with van der Waals surface area (Å²) in [7, 11) is -7.21. The molecule has 2 aromatic rings. The van der Waals surface area contributed by atoms with Gasteiger partial charge in [-0.3, -0.25) is 4.31 Å². The number of anilines is 1. The molecule has 2 N–H and O–H groups in total. The van der Waals surface area contributed by atoms with Crippen LogP contribution in [0.25, 0.3) is 0 Å². The summed E-state index contributed by atoms with van der Waals surface area (Å²) in [5.41, 5.74) is 1.66. The standard InChI is InChI=1S/C22H32N2O5S2/c1-5-18-7-9-19(10-8-18)24(16-17(2)3)31(27,28)20-11-12-21(29-14-6-13-25)22(15-20)30(4,23)26/h7-12,15,17,23,25H,5-6,13-14,16H2,1-4H3. The molecule has 0 saturated carbocycles. The second-order valence-corrected chi connectivity index (χ2v) is 11.8. The summed E-state index contributed by atoms with van der Waals surface area (Å²) in [4.78, 5) is -0.0172. The van der Waals surface area contributed by atoms with Crippen molar-refractivity contribution in [1.29, 1.82) is 4.78 Å². The van der Waals surface area contributed by atoms with Crippen LogP contribution in [-0.2, 0) is 26.2 Å². The topological polar surface area (TPSA) is 108 Å². The summed E-state index contributed by atoms with van der Waals surface area (Å²) >= 11 is 0. The van der Waals surface area contributed by atoms with Gasteiger partial charge in [-0.2, -0.15) is 0 Å². The average molecular weight is 469 g/mol. The Bertz CT molecular complexity index is 1080. The zero-order valence-electron chi connectivity index (χ0n) is 18.5. The Morgan fingerprint density at radius 2 is 1.74 bits per heavy atom. The highest BCUT2D eigenvalue weighted by Crippen LogP contribution is 2.31. The number of aliphatic hydroxyl groups excluding tert-OH is 1. The zero-order chi connectivity index (χ0) is 23.2. The molecule has 0 heterocycles. The minimum Gasteiger partial charge on any atom is -0.492 e. The van der Waals surface area contributed by atoms with E-state index in [1.807, 2.05) is 32.9 Å². The summed E-state index contributed by atoms with van der Waals surface area (Å²) in [5.74, 6) is 0.269. The van der Waals surface area contributed by atoms with Crippen LogP contribution >= 0.6 is 0 Å². The van der Waals surface area contributed by atoms with E-state index in [1.54, 1.807) is 12.1 Å². The van der Waals surface area contributed by atoms with Crippen molar-refractivity contribution in [3.8, 4) is 5.75 Å². The Kier molecular flexibility index (Phi) is 8.50. The van der Waals surface area contributed by atoms with Crippen molar-refractivity contribution in [2.75, 3.05) is 30.3 Å². The first kappa shape index (κ1) is 25.2. The first-order valence-corrected chi connectivity index (χ1v) is 13.6. The number of rotatable bonds is 11. The lowest BCUT2D eigenvalue weighted by Gasteiger charge is -2.27. The zero-order valence-corrected chi connectivity index (χ0v) is 20.1. The quantitative estimate of drug-likeness (QED) is 0.486. The van der Waals surface area contributed by atoms with Gasteiger partial charge in [0.15, 0.2) is 0 Å². The van der Waals surface area contributed by atoms with Crippen LogP contribution in [0.1, 0.15) is 32.8 Å². The molecule has 0 aliphatic rings. The van der Waals surface area contributed by atoms with Gasteiger partial charge in [-0.1, -0.05) is 32.9 Å². The lowest BCUT2D eigenvalue weighted by Crippen LogP contribution is -2.34. The number of benzene rings is 2. The smallest absolute Gasteiger partial charge is 0.264 e. The third-order valence-electron chi connectivity index (χ3n) is 4.65. The molecule has 0 aliphatic carbocycles. The monoisotopic (exact) mass is 468 g/mol. The van der Waals surface area contributed by atoms with Gasteiger partial charge in [0.05, 0.1) is 31.8 Å². The number of aliphatic hydroxyl groups is 1. The average Bonchev–Trinajstić information content (AvgIpc) is 2.71.